The van der Waals surface area contributed by atoms with Crippen LogP contribution in [0.1, 0.15) is 31.2 Å². The summed E-state index contributed by atoms with van der Waals surface area (Å²) in [5.74, 6) is 0.0321. The first-order valence-electron chi connectivity index (χ1n) is 6.39. The predicted molar refractivity (Wildman–Crippen MR) is 73.6 cm³/mol. The van der Waals surface area contributed by atoms with Gasteiger partial charge in [0.1, 0.15) is 0 Å². The monoisotopic (exact) mass is 266 g/mol. The summed E-state index contributed by atoms with van der Waals surface area (Å²) in [6.45, 7) is 0.522. The fraction of sp³-hybridized carbons (Fsp3) is 0.500. The van der Waals surface area contributed by atoms with E-state index in [0.29, 0.717) is 18.0 Å². The molecule has 1 amide bonds. The lowest BCUT2D eigenvalue weighted by atomic mass is 9.97. The summed E-state index contributed by atoms with van der Waals surface area (Å²) in [5.41, 5.74) is 6.56. The van der Waals surface area contributed by atoms with E-state index in [1.54, 1.807) is 6.07 Å². The molecule has 0 bridgehead atoms. The van der Waals surface area contributed by atoms with Crippen LogP contribution in [-0.2, 0) is 11.2 Å². The topological polar surface area (TPSA) is 55.1 Å². The van der Waals surface area contributed by atoms with E-state index in [2.05, 4.69) is 5.32 Å². The lowest BCUT2D eigenvalue weighted by Crippen LogP contribution is -2.52. The second-order valence-corrected chi connectivity index (χ2v) is 5.48. The first-order chi connectivity index (χ1) is 8.63. The Hall–Kier alpha value is -1.06. The second kappa shape index (κ2) is 5.72. The predicted octanol–water partition coefficient (Wildman–Crippen LogP) is 2.27. The maximum absolute atomic E-state index is 12.0. The minimum atomic E-state index is -0.171. The van der Waals surface area contributed by atoms with E-state index in [9.17, 15) is 4.79 Å². The van der Waals surface area contributed by atoms with Crippen molar-refractivity contribution in [3.63, 3.8) is 0 Å². The smallest absolute Gasteiger partial charge is 0.224 e. The van der Waals surface area contributed by atoms with Gasteiger partial charge in [-0.15, -0.1) is 0 Å². The fourth-order valence-electron chi connectivity index (χ4n) is 2.60. The molecular weight excluding hydrogens is 248 g/mol. The molecule has 1 aromatic carbocycles. The van der Waals surface area contributed by atoms with E-state index >= 15 is 0 Å². The highest BCUT2D eigenvalue weighted by molar-refractivity contribution is 6.30. The number of hydrogen-bond donors (Lipinski definition) is 2. The average Bonchev–Trinajstić information content (AvgIpc) is 2.78. The number of amides is 1. The molecule has 0 radical (unpaired) electrons. The normalized spacial score (nSPS) is 17.7. The van der Waals surface area contributed by atoms with Crippen molar-refractivity contribution < 1.29 is 4.79 Å². The van der Waals surface area contributed by atoms with Crippen molar-refractivity contribution in [3.05, 3.63) is 34.9 Å². The maximum atomic E-state index is 12.0. The number of rotatable bonds is 4. The highest BCUT2D eigenvalue weighted by Gasteiger charge is 2.33. The zero-order chi connectivity index (χ0) is 13.0. The zero-order valence-corrected chi connectivity index (χ0v) is 11.2. The second-order valence-electron chi connectivity index (χ2n) is 5.05. The molecule has 0 saturated heterocycles. The molecule has 1 saturated carbocycles. The average molecular weight is 267 g/mol. The van der Waals surface area contributed by atoms with E-state index in [1.165, 1.54) is 0 Å². The minimum absolute atomic E-state index is 0.0321. The van der Waals surface area contributed by atoms with Crippen molar-refractivity contribution in [2.24, 2.45) is 5.73 Å². The number of benzene rings is 1. The molecule has 0 aliphatic heterocycles. The van der Waals surface area contributed by atoms with Crippen LogP contribution in [0.4, 0.5) is 0 Å². The highest BCUT2D eigenvalue weighted by Crippen LogP contribution is 2.28. The van der Waals surface area contributed by atoms with E-state index in [-0.39, 0.29) is 11.4 Å². The summed E-state index contributed by atoms with van der Waals surface area (Å²) in [6.07, 6.45) is 4.64. The Bertz CT molecular complexity index is 428. The Kier molecular flexibility index (Phi) is 4.25. The molecule has 4 heteroatoms. The summed E-state index contributed by atoms with van der Waals surface area (Å²) in [4.78, 5) is 12.0. The number of carbonyl (C=O) groups excluding carboxylic acids is 1. The van der Waals surface area contributed by atoms with E-state index in [0.717, 1.165) is 31.2 Å². The molecule has 3 N–H and O–H groups in total. The van der Waals surface area contributed by atoms with Gasteiger partial charge in [-0.05, 0) is 30.5 Å². The molecule has 0 aromatic heterocycles. The lowest BCUT2D eigenvalue weighted by molar-refractivity contribution is -0.122. The summed E-state index contributed by atoms with van der Waals surface area (Å²) in [5, 5.41) is 3.76. The number of halogens is 1. The van der Waals surface area contributed by atoms with Crippen molar-refractivity contribution in [2.75, 3.05) is 6.54 Å². The van der Waals surface area contributed by atoms with Gasteiger partial charge >= 0.3 is 0 Å². The number of hydrogen-bond acceptors (Lipinski definition) is 2. The Morgan fingerprint density at radius 2 is 2.11 bits per heavy atom. The molecule has 2 rings (SSSR count). The number of carbonyl (C=O) groups is 1. The van der Waals surface area contributed by atoms with Gasteiger partial charge in [-0.2, -0.15) is 0 Å². The molecule has 1 aromatic rings. The third-order valence-corrected chi connectivity index (χ3v) is 3.84. The molecule has 0 unspecified atom stereocenters. The van der Waals surface area contributed by atoms with Gasteiger partial charge in [-0.3, -0.25) is 4.79 Å². The fourth-order valence-corrected chi connectivity index (χ4v) is 2.82. The first-order valence-corrected chi connectivity index (χ1v) is 6.77. The van der Waals surface area contributed by atoms with Crippen LogP contribution in [0.3, 0.4) is 0 Å². The molecule has 0 spiro atoms. The highest BCUT2D eigenvalue weighted by atomic mass is 35.5. The van der Waals surface area contributed by atoms with Gasteiger partial charge in [0.15, 0.2) is 0 Å². The quantitative estimate of drug-likeness (QED) is 0.878. The third-order valence-electron chi connectivity index (χ3n) is 3.61. The van der Waals surface area contributed by atoms with Crippen LogP contribution in [-0.4, -0.2) is 18.0 Å². The van der Waals surface area contributed by atoms with Gasteiger partial charge in [0.25, 0.3) is 0 Å². The minimum Gasteiger partial charge on any atom is -0.349 e. The summed E-state index contributed by atoms with van der Waals surface area (Å²) < 4.78 is 0. The van der Waals surface area contributed by atoms with Crippen LogP contribution in [0.15, 0.2) is 24.3 Å². The van der Waals surface area contributed by atoms with Crippen LogP contribution in [0.25, 0.3) is 0 Å². The van der Waals surface area contributed by atoms with E-state index < -0.39 is 0 Å². The SMILES string of the molecule is NCC1(NC(=O)Cc2cccc(Cl)c2)CCCC1. The van der Waals surface area contributed by atoms with Crippen LogP contribution in [0, 0.1) is 0 Å². The molecule has 1 aliphatic rings. The Morgan fingerprint density at radius 1 is 1.39 bits per heavy atom. The van der Waals surface area contributed by atoms with Crippen LogP contribution in [0.2, 0.25) is 5.02 Å². The van der Waals surface area contributed by atoms with Crippen molar-refractivity contribution in [3.8, 4) is 0 Å². The molecule has 0 heterocycles. The maximum Gasteiger partial charge on any atom is 0.224 e. The largest absolute Gasteiger partial charge is 0.349 e. The molecule has 18 heavy (non-hydrogen) atoms. The molecule has 98 valence electrons. The summed E-state index contributed by atoms with van der Waals surface area (Å²) in [7, 11) is 0. The van der Waals surface area contributed by atoms with Crippen molar-refractivity contribution in [1.29, 1.82) is 0 Å². The molecule has 1 aliphatic carbocycles. The summed E-state index contributed by atoms with van der Waals surface area (Å²) in [6, 6.07) is 7.40. The van der Waals surface area contributed by atoms with Gasteiger partial charge < -0.3 is 11.1 Å². The van der Waals surface area contributed by atoms with E-state index in [1.807, 2.05) is 18.2 Å². The van der Waals surface area contributed by atoms with Gasteiger partial charge in [0.2, 0.25) is 5.91 Å². The molecular formula is C14H19ClN2O. The van der Waals surface area contributed by atoms with Crippen LogP contribution in [0.5, 0.6) is 0 Å². The van der Waals surface area contributed by atoms with Crippen LogP contribution >= 0.6 is 11.6 Å². The molecule has 1 fully saturated rings. The Balaban J connectivity index is 1.96. The molecule has 0 atom stereocenters. The number of nitrogens with one attached hydrogen (secondary N) is 1. The van der Waals surface area contributed by atoms with Crippen molar-refractivity contribution in [2.45, 2.75) is 37.6 Å². The first kappa shape index (κ1) is 13.4. The standard InChI is InChI=1S/C14H19ClN2O/c15-12-5-3-4-11(8-12)9-13(18)17-14(10-16)6-1-2-7-14/h3-5,8H,1-2,6-7,9-10,16H2,(H,17,18). The van der Waals surface area contributed by atoms with Gasteiger partial charge in [-0.25, -0.2) is 0 Å². The number of nitrogens with two attached hydrogens (primary N) is 1. The van der Waals surface area contributed by atoms with Gasteiger partial charge in [0.05, 0.1) is 12.0 Å². The third kappa shape index (κ3) is 3.24. The van der Waals surface area contributed by atoms with Crippen molar-refractivity contribution in [1.82, 2.24) is 5.32 Å². The Morgan fingerprint density at radius 3 is 2.72 bits per heavy atom. The van der Waals surface area contributed by atoms with Crippen LogP contribution < -0.4 is 11.1 Å². The van der Waals surface area contributed by atoms with Crippen molar-refractivity contribution >= 4 is 17.5 Å². The van der Waals surface area contributed by atoms with Gasteiger partial charge in [0, 0.05) is 11.6 Å². The zero-order valence-electron chi connectivity index (χ0n) is 10.4. The summed E-state index contributed by atoms with van der Waals surface area (Å²) >= 11 is 5.90. The lowest BCUT2D eigenvalue weighted by Gasteiger charge is -2.28. The van der Waals surface area contributed by atoms with E-state index in [4.69, 9.17) is 17.3 Å². The molecule has 3 nitrogen and oxygen atoms in total. The van der Waals surface area contributed by atoms with Gasteiger partial charge in [-0.1, -0.05) is 36.6 Å². The Labute approximate surface area is 113 Å².